The van der Waals surface area contributed by atoms with E-state index in [1.807, 2.05) is 18.2 Å². The summed E-state index contributed by atoms with van der Waals surface area (Å²) in [5, 5.41) is 0. The Hall–Kier alpha value is -1.07. The van der Waals surface area contributed by atoms with Gasteiger partial charge in [0.1, 0.15) is 18.1 Å². The van der Waals surface area contributed by atoms with Gasteiger partial charge in [0.2, 0.25) is 0 Å². The molecule has 5 heteroatoms. The Morgan fingerprint density at radius 3 is 2.47 bits per heavy atom. The minimum Gasteiger partial charge on any atom is -0.483 e. The highest BCUT2D eigenvalue weighted by Crippen LogP contribution is 2.33. The zero-order valence-electron chi connectivity index (χ0n) is 8.65. The Bertz CT molecular complexity index is 514. The molecule has 0 fully saturated rings. The van der Waals surface area contributed by atoms with Gasteiger partial charge in [-0.1, -0.05) is 6.07 Å². The van der Waals surface area contributed by atoms with E-state index in [2.05, 4.69) is 31.9 Å². The molecule has 0 amide bonds. The van der Waals surface area contributed by atoms with Crippen molar-refractivity contribution in [2.24, 2.45) is 0 Å². The third-order valence-electron chi connectivity index (χ3n) is 2.08. The molecule has 1 aromatic carbocycles. The Morgan fingerprint density at radius 2 is 1.88 bits per heavy atom. The molecule has 0 aliphatic carbocycles. The van der Waals surface area contributed by atoms with Crippen molar-refractivity contribution in [2.75, 3.05) is 0 Å². The van der Waals surface area contributed by atoms with Crippen molar-refractivity contribution in [1.82, 2.24) is 0 Å². The van der Waals surface area contributed by atoms with Gasteiger partial charge in [0.05, 0.1) is 8.95 Å². The number of benzene rings is 1. The average molecular weight is 360 g/mol. The lowest BCUT2D eigenvalue weighted by Gasteiger charge is -2.08. The maximum Gasteiger partial charge on any atom is 0.185 e. The monoisotopic (exact) mass is 358 g/mol. The molecule has 0 N–H and O–H groups in total. The first-order valence-corrected chi connectivity index (χ1v) is 6.40. The Balaban J connectivity index is 2.09. The first-order valence-electron chi connectivity index (χ1n) is 4.81. The van der Waals surface area contributed by atoms with Crippen LogP contribution in [0.1, 0.15) is 16.3 Å². The molecule has 0 atom stereocenters. The highest BCUT2D eigenvalue weighted by molar-refractivity contribution is 9.11. The van der Waals surface area contributed by atoms with Crippen LogP contribution < -0.4 is 4.74 Å². The fraction of sp³-hybridized carbons (Fsp3) is 0.0833. The molecule has 0 spiro atoms. The van der Waals surface area contributed by atoms with Crippen LogP contribution in [0.3, 0.4) is 0 Å². The van der Waals surface area contributed by atoms with Crippen LogP contribution in [0.2, 0.25) is 0 Å². The molecule has 0 unspecified atom stereocenters. The number of hydrogen-bond donors (Lipinski definition) is 0. The predicted molar refractivity (Wildman–Crippen MR) is 70.3 cm³/mol. The van der Waals surface area contributed by atoms with E-state index in [1.54, 1.807) is 12.1 Å². The number of halogens is 2. The standard InChI is InChI=1S/C12H8Br2O3/c13-10-2-1-3-11(14)12(10)16-7-9-5-4-8(6-15)17-9/h1-6H,7H2. The number of aldehydes is 1. The van der Waals surface area contributed by atoms with E-state index in [9.17, 15) is 4.79 Å². The Kier molecular flexibility index (Phi) is 4.02. The number of furan rings is 1. The molecule has 0 radical (unpaired) electrons. The van der Waals surface area contributed by atoms with Gasteiger partial charge >= 0.3 is 0 Å². The summed E-state index contributed by atoms with van der Waals surface area (Å²) in [5.41, 5.74) is 0. The van der Waals surface area contributed by atoms with E-state index < -0.39 is 0 Å². The third kappa shape index (κ3) is 2.98. The number of carbonyl (C=O) groups is 1. The molecule has 1 heterocycles. The van der Waals surface area contributed by atoms with Gasteiger partial charge in [0, 0.05) is 0 Å². The summed E-state index contributed by atoms with van der Waals surface area (Å²) >= 11 is 6.80. The fourth-order valence-corrected chi connectivity index (χ4v) is 2.53. The first kappa shape index (κ1) is 12.4. The van der Waals surface area contributed by atoms with Crippen LogP contribution in [0, 0.1) is 0 Å². The minimum atomic E-state index is 0.273. The molecule has 0 aliphatic rings. The molecule has 0 saturated heterocycles. The lowest BCUT2D eigenvalue weighted by Crippen LogP contribution is -1.95. The van der Waals surface area contributed by atoms with Gasteiger partial charge in [-0.3, -0.25) is 4.79 Å². The van der Waals surface area contributed by atoms with Gasteiger partial charge in [-0.15, -0.1) is 0 Å². The summed E-state index contributed by atoms with van der Waals surface area (Å²) in [6.45, 7) is 0.273. The van der Waals surface area contributed by atoms with Crippen molar-refractivity contribution in [2.45, 2.75) is 6.61 Å². The summed E-state index contributed by atoms with van der Waals surface area (Å²) in [5.74, 6) is 1.61. The van der Waals surface area contributed by atoms with E-state index >= 15 is 0 Å². The average Bonchev–Trinajstić information content (AvgIpc) is 2.76. The van der Waals surface area contributed by atoms with Crippen LogP contribution in [0.25, 0.3) is 0 Å². The number of para-hydroxylation sites is 1. The van der Waals surface area contributed by atoms with Gasteiger partial charge in [0.15, 0.2) is 12.0 Å². The van der Waals surface area contributed by atoms with Crippen LogP contribution in [0.4, 0.5) is 0 Å². The molecule has 0 aliphatic heterocycles. The molecule has 3 nitrogen and oxygen atoms in total. The normalized spacial score (nSPS) is 10.2. The van der Waals surface area contributed by atoms with Gasteiger partial charge in [-0.25, -0.2) is 0 Å². The van der Waals surface area contributed by atoms with Gasteiger partial charge in [-0.05, 0) is 56.1 Å². The zero-order valence-corrected chi connectivity index (χ0v) is 11.8. The molecular weight excluding hydrogens is 352 g/mol. The molecule has 17 heavy (non-hydrogen) atoms. The summed E-state index contributed by atoms with van der Waals surface area (Å²) in [6.07, 6.45) is 0.665. The van der Waals surface area contributed by atoms with Crippen LogP contribution >= 0.6 is 31.9 Å². The third-order valence-corrected chi connectivity index (χ3v) is 3.33. The van der Waals surface area contributed by atoms with Crippen molar-refractivity contribution < 1.29 is 13.9 Å². The largest absolute Gasteiger partial charge is 0.483 e. The van der Waals surface area contributed by atoms with Gasteiger partial charge in [0.25, 0.3) is 0 Å². The summed E-state index contributed by atoms with van der Waals surface area (Å²) in [4.78, 5) is 10.5. The van der Waals surface area contributed by atoms with Crippen LogP contribution in [-0.4, -0.2) is 6.29 Å². The Labute approximate surface area is 115 Å². The van der Waals surface area contributed by atoms with E-state index in [0.29, 0.717) is 23.6 Å². The van der Waals surface area contributed by atoms with Crippen molar-refractivity contribution in [3.05, 3.63) is 50.8 Å². The second-order valence-corrected chi connectivity index (χ2v) is 4.97. The lowest BCUT2D eigenvalue weighted by molar-refractivity contribution is 0.109. The summed E-state index contributed by atoms with van der Waals surface area (Å²) in [6, 6.07) is 9.01. The lowest BCUT2D eigenvalue weighted by atomic mass is 10.3. The van der Waals surface area contributed by atoms with Gasteiger partial charge in [-0.2, -0.15) is 0 Å². The van der Waals surface area contributed by atoms with Crippen molar-refractivity contribution in [3.8, 4) is 5.75 Å². The molecule has 1 aromatic heterocycles. The van der Waals surface area contributed by atoms with E-state index in [0.717, 1.165) is 8.95 Å². The summed E-state index contributed by atoms with van der Waals surface area (Å²) in [7, 11) is 0. The summed E-state index contributed by atoms with van der Waals surface area (Å²) < 4.78 is 12.5. The molecule has 2 aromatic rings. The Morgan fingerprint density at radius 1 is 1.18 bits per heavy atom. The topological polar surface area (TPSA) is 39.4 Å². The van der Waals surface area contributed by atoms with Crippen LogP contribution in [0.5, 0.6) is 5.75 Å². The van der Waals surface area contributed by atoms with E-state index in [-0.39, 0.29) is 6.61 Å². The molecular formula is C12H8Br2O3. The highest BCUT2D eigenvalue weighted by atomic mass is 79.9. The van der Waals surface area contributed by atoms with Crippen LogP contribution in [-0.2, 0) is 6.61 Å². The molecule has 0 saturated carbocycles. The number of carbonyl (C=O) groups excluding carboxylic acids is 1. The SMILES string of the molecule is O=Cc1ccc(COc2c(Br)cccc2Br)o1. The fourth-order valence-electron chi connectivity index (χ4n) is 1.30. The number of rotatable bonds is 4. The van der Waals surface area contributed by atoms with Crippen LogP contribution in [0.15, 0.2) is 43.7 Å². The first-order chi connectivity index (χ1) is 8.20. The van der Waals surface area contributed by atoms with E-state index in [4.69, 9.17) is 9.15 Å². The second-order valence-electron chi connectivity index (χ2n) is 3.26. The number of ether oxygens (including phenoxy) is 1. The van der Waals surface area contributed by atoms with Crippen molar-refractivity contribution in [3.63, 3.8) is 0 Å². The minimum absolute atomic E-state index is 0.273. The highest BCUT2D eigenvalue weighted by Gasteiger charge is 2.07. The van der Waals surface area contributed by atoms with E-state index in [1.165, 1.54) is 0 Å². The molecule has 0 bridgehead atoms. The zero-order chi connectivity index (χ0) is 12.3. The van der Waals surface area contributed by atoms with Gasteiger partial charge < -0.3 is 9.15 Å². The second kappa shape index (κ2) is 5.51. The van der Waals surface area contributed by atoms with Crippen molar-refractivity contribution in [1.29, 1.82) is 0 Å². The smallest absolute Gasteiger partial charge is 0.185 e. The van der Waals surface area contributed by atoms with Crippen molar-refractivity contribution >= 4 is 38.1 Å². The number of hydrogen-bond acceptors (Lipinski definition) is 3. The maximum atomic E-state index is 10.5. The maximum absolute atomic E-state index is 10.5. The quantitative estimate of drug-likeness (QED) is 0.768. The predicted octanol–water partition coefficient (Wildman–Crippen LogP) is 4.20. The molecule has 2 rings (SSSR count). The molecule has 88 valence electrons.